The zero-order chi connectivity index (χ0) is 18.1. The minimum Gasteiger partial charge on any atom is -0.493 e. The number of ether oxygens (including phenoxy) is 2. The summed E-state index contributed by atoms with van der Waals surface area (Å²) in [5, 5.41) is 0.737. The second-order valence-corrected chi connectivity index (χ2v) is 6.16. The molecule has 0 bridgehead atoms. The molecule has 0 aliphatic carbocycles. The van der Waals surface area contributed by atoms with E-state index < -0.39 is 11.2 Å². The number of rotatable bonds is 4. The molecule has 6 nitrogen and oxygen atoms in total. The second-order valence-electron chi connectivity index (χ2n) is 5.32. The smallest absolute Gasteiger partial charge is 0.329 e. The summed E-state index contributed by atoms with van der Waals surface area (Å²) >= 11 is 12.0. The van der Waals surface area contributed by atoms with Gasteiger partial charge >= 0.3 is 5.69 Å². The molecule has 3 aromatic rings. The van der Waals surface area contributed by atoms with Crippen LogP contribution in [-0.4, -0.2) is 23.8 Å². The number of aromatic amines is 1. The lowest BCUT2D eigenvalue weighted by molar-refractivity contribution is 0.354. The van der Waals surface area contributed by atoms with Gasteiger partial charge in [0.15, 0.2) is 11.5 Å². The van der Waals surface area contributed by atoms with Crippen molar-refractivity contribution in [2.45, 2.75) is 6.54 Å². The lowest BCUT2D eigenvalue weighted by Gasteiger charge is -2.11. The summed E-state index contributed by atoms with van der Waals surface area (Å²) in [6, 6.07) is 8.12. The minimum atomic E-state index is -0.550. The topological polar surface area (TPSA) is 73.3 Å². The Labute approximate surface area is 152 Å². The zero-order valence-corrected chi connectivity index (χ0v) is 14.9. The van der Waals surface area contributed by atoms with Crippen LogP contribution < -0.4 is 20.7 Å². The molecule has 8 heteroatoms. The number of fused-ring (bicyclic) bond motifs is 1. The average Bonchev–Trinajstić information content (AvgIpc) is 2.57. The standard InChI is InChI=1S/C17H14Cl2N2O4/c1-24-13-4-3-9(5-14(13)25-2)8-21-16(22)15-11(19)6-10(18)7-12(15)20-17(21)23/h3-7H,8H2,1-2H3,(H,20,23). The first-order valence-corrected chi connectivity index (χ1v) is 8.03. The largest absolute Gasteiger partial charge is 0.493 e. The maximum atomic E-state index is 12.7. The molecule has 0 fully saturated rings. The molecule has 0 radical (unpaired) electrons. The molecule has 0 aliphatic heterocycles. The first kappa shape index (κ1) is 17.4. The van der Waals surface area contributed by atoms with E-state index in [1.165, 1.54) is 26.4 Å². The molecule has 0 spiro atoms. The number of benzene rings is 2. The Morgan fingerprint density at radius 2 is 1.76 bits per heavy atom. The Morgan fingerprint density at radius 1 is 1.04 bits per heavy atom. The van der Waals surface area contributed by atoms with Crippen molar-refractivity contribution in [2.24, 2.45) is 0 Å². The normalized spacial score (nSPS) is 10.9. The van der Waals surface area contributed by atoms with E-state index in [0.717, 1.165) is 4.57 Å². The van der Waals surface area contributed by atoms with Gasteiger partial charge in [-0.05, 0) is 29.8 Å². The van der Waals surface area contributed by atoms with E-state index in [1.807, 2.05) is 0 Å². The Kier molecular flexibility index (Phi) is 4.74. The molecule has 3 rings (SSSR count). The van der Waals surface area contributed by atoms with Gasteiger partial charge in [-0.25, -0.2) is 4.79 Å². The van der Waals surface area contributed by atoms with Gasteiger partial charge in [-0.1, -0.05) is 29.3 Å². The molecule has 1 aromatic heterocycles. The molecule has 0 atom stereocenters. The van der Waals surface area contributed by atoms with Crippen molar-refractivity contribution in [1.82, 2.24) is 9.55 Å². The van der Waals surface area contributed by atoms with Crippen LogP contribution in [-0.2, 0) is 6.54 Å². The lowest BCUT2D eigenvalue weighted by atomic mass is 10.2. The summed E-state index contributed by atoms with van der Waals surface area (Å²) < 4.78 is 11.5. The maximum Gasteiger partial charge on any atom is 0.329 e. The number of nitrogens with one attached hydrogen (secondary N) is 1. The molecule has 0 aliphatic rings. The number of nitrogens with zero attached hydrogens (tertiary/aromatic N) is 1. The molecule has 1 N–H and O–H groups in total. The Morgan fingerprint density at radius 3 is 2.44 bits per heavy atom. The molecule has 130 valence electrons. The summed E-state index contributed by atoms with van der Waals surface area (Å²) in [5.41, 5.74) is -0.0356. The summed E-state index contributed by atoms with van der Waals surface area (Å²) in [6.45, 7) is 0.0589. The van der Waals surface area contributed by atoms with Crippen LogP contribution in [0.15, 0.2) is 39.9 Å². The summed E-state index contributed by atoms with van der Waals surface area (Å²) in [4.78, 5) is 27.7. The fourth-order valence-electron chi connectivity index (χ4n) is 2.60. The van der Waals surface area contributed by atoms with Crippen LogP contribution in [0, 0.1) is 0 Å². The number of aromatic nitrogens is 2. The average molecular weight is 381 g/mol. The van der Waals surface area contributed by atoms with Gasteiger partial charge in [0.1, 0.15) is 0 Å². The van der Waals surface area contributed by atoms with E-state index >= 15 is 0 Å². The molecular weight excluding hydrogens is 367 g/mol. The third-order valence-corrected chi connectivity index (χ3v) is 4.31. The number of H-pyrrole nitrogens is 1. The van der Waals surface area contributed by atoms with E-state index in [4.69, 9.17) is 32.7 Å². The van der Waals surface area contributed by atoms with Crippen molar-refractivity contribution < 1.29 is 9.47 Å². The number of hydrogen-bond donors (Lipinski definition) is 1. The summed E-state index contributed by atoms with van der Waals surface area (Å²) in [7, 11) is 3.04. The SMILES string of the molecule is COc1ccc(Cn2c(=O)[nH]c3cc(Cl)cc(Cl)c3c2=O)cc1OC. The van der Waals surface area contributed by atoms with Gasteiger partial charge in [0.2, 0.25) is 0 Å². The predicted octanol–water partition coefficient (Wildman–Crippen LogP) is 3.06. The minimum absolute atomic E-state index is 0.0589. The molecule has 1 heterocycles. The van der Waals surface area contributed by atoms with Crippen molar-refractivity contribution in [3.05, 3.63) is 66.8 Å². The number of halogens is 2. The van der Waals surface area contributed by atoms with Gasteiger partial charge < -0.3 is 14.5 Å². The summed E-state index contributed by atoms with van der Waals surface area (Å²) in [5.74, 6) is 1.07. The van der Waals surface area contributed by atoms with Crippen molar-refractivity contribution in [3.63, 3.8) is 0 Å². The monoisotopic (exact) mass is 380 g/mol. The van der Waals surface area contributed by atoms with Gasteiger partial charge in [0.25, 0.3) is 5.56 Å². The van der Waals surface area contributed by atoms with E-state index in [0.29, 0.717) is 27.6 Å². The molecular formula is C17H14Cl2N2O4. The predicted molar refractivity (Wildman–Crippen MR) is 97.5 cm³/mol. The molecule has 2 aromatic carbocycles. The van der Waals surface area contributed by atoms with Crippen LogP contribution in [0.4, 0.5) is 0 Å². The van der Waals surface area contributed by atoms with Gasteiger partial charge in [-0.2, -0.15) is 0 Å². The third kappa shape index (κ3) is 3.23. The van der Waals surface area contributed by atoms with Gasteiger partial charge in [-0.3, -0.25) is 9.36 Å². The van der Waals surface area contributed by atoms with Gasteiger partial charge in [-0.15, -0.1) is 0 Å². The Balaban J connectivity index is 2.14. The van der Waals surface area contributed by atoms with Crippen molar-refractivity contribution in [2.75, 3.05) is 14.2 Å². The van der Waals surface area contributed by atoms with Crippen molar-refractivity contribution >= 4 is 34.1 Å². The maximum absolute atomic E-state index is 12.7. The third-order valence-electron chi connectivity index (χ3n) is 3.79. The van der Waals surface area contributed by atoms with Crippen LogP contribution in [0.2, 0.25) is 10.0 Å². The number of methoxy groups -OCH3 is 2. The summed E-state index contributed by atoms with van der Waals surface area (Å²) in [6.07, 6.45) is 0. The van der Waals surface area contributed by atoms with E-state index in [1.54, 1.807) is 18.2 Å². The Hall–Kier alpha value is -2.44. The highest BCUT2D eigenvalue weighted by molar-refractivity contribution is 6.38. The molecule has 0 amide bonds. The van der Waals surface area contributed by atoms with Crippen LogP contribution in [0.1, 0.15) is 5.56 Å². The molecule has 0 saturated carbocycles. The van der Waals surface area contributed by atoms with E-state index in [-0.39, 0.29) is 17.0 Å². The highest BCUT2D eigenvalue weighted by Gasteiger charge is 2.13. The first-order valence-electron chi connectivity index (χ1n) is 7.27. The van der Waals surface area contributed by atoms with E-state index in [2.05, 4.69) is 4.98 Å². The van der Waals surface area contributed by atoms with Crippen molar-refractivity contribution in [3.8, 4) is 11.5 Å². The van der Waals surface area contributed by atoms with Crippen LogP contribution in [0.5, 0.6) is 11.5 Å². The first-order chi connectivity index (χ1) is 11.9. The van der Waals surface area contributed by atoms with Crippen LogP contribution in [0.3, 0.4) is 0 Å². The quantitative estimate of drug-likeness (QED) is 0.754. The molecule has 0 saturated heterocycles. The van der Waals surface area contributed by atoms with Crippen LogP contribution in [0.25, 0.3) is 10.9 Å². The fraction of sp³-hybridized carbons (Fsp3) is 0.176. The second kappa shape index (κ2) is 6.82. The van der Waals surface area contributed by atoms with Gasteiger partial charge in [0.05, 0.1) is 36.7 Å². The zero-order valence-electron chi connectivity index (χ0n) is 13.4. The fourth-order valence-corrected chi connectivity index (χ4v) is 3.18. The lowest BCUT2D eigenvalue weighted by Crippen LogP contribution is -2.35. The van der Waals surface area contributed by atoms with Crippen molar-refractivity contribution in [1.29, 1.82) is 0 Å². The van der Waals surface area contributed by atoms with Crippen LogP contribution >= 0.6 is 23.2 Å². The van der Waals surface area contributed by atoms with Gasteiger partial charge in [0, 0.05) is 5.02 Å². The molecule has 0 unspecified atom stereocenters. The highest BCUT2D eigenvalue weighted by atomic mass is 35.5. The molecule has 25 heavy (non-hydrogen) atoms. The Bertz CT molecular complexity index is 1070. The highest BCUT2D eigenvalue weighted by Crippen LogP contribution is 2.28. The number of hydrogen-bond acceptors (Lipinski definition) is 4. The van der Waals surface area contributed by atoms with E-state index in [9.17, 15) is 9.59 Å².